The molecule has 0 aliphatic heterocycles. The molecule has 0 aliphatic carbocycles. The maximum Gasteiger partial charge on any atom is 0.255 e. The third-order valence-corrected chi connectivity index (χ3v) is 3.61. The van der Waals surface area contributed by atoms with E-state index in [1.54, 1.807) is 31.4 Å². The molecule has 0 saturated carbocycles. The number of nitrogens with zero attached hydrogens (tertiary/aromatic N) is 1. The molecule has 2 aromatic carbocycles. The van der Waals surface area contributed by atoms with Crippen molar-refractivity contribution in [3.05, 3.63) is 100.0 Å². The SMILES string of the molecule is Cn1ccc(C(=O)Nc2cccc(C#Cc3ccccc3)c2)cc1=O. The van der Waals surface area contributed by atoms with Gasteiger partial charge in [-0.15, -0.1) is 0 Å². The van der Waals surface area contributed by atoms with Gasteiger partial charge in [0.05, 0.1) is 0 Å². The van der Waals surface area contributed by atoms with E-state index in [-0.39, 0.29) is 11.5 Å². The minimum atomic E-state index is -0.328. The second kappa shape index (κ2) is 7.33. The highest BCUT2D eigenvalue weighted by Gasteiger charge is 2.07. The van der Waals surface area contributed by atoms with Crippen LogP contribution in [0.15, 0.2) is 77.7 Å². The molecule has 1 aromatic heterocycles. The van der Waals surface area contributed by atoms with E-state index in [0.29, 0.717) is 11.3 Å². The van der Waals surface area contributed by atoms with Crippen molar-refractivity contribution in [2.45, 2.75) is 0 Å². The van der Waals surface area contributed by atoms with Crippen LogP contribution >= 0.6 is 0 Å². The van der Waals surface area contributed by atoms with Gasteiger partial charge >= 0.3 is 0 Å². The predicted octanol–water partition coefficient (Wildman–Crippen LogP) is 3.04. The summed E-state index contributed by atoms with van der Waals surface area (Å²) < 4.78 is 1.41. The van der Waals surface area contributed by atoms with Gasteiger partial charge in [-0.1, -0.05) is 36.1 Å². The van der Waals surface area contributed by atoms with E-state index in [4.69, 9.17) is 0 Å². The summed E-state index contributed by atoms with van der Waals surface area (Å²) in [6, 6.07) is 19.9. The molecule has 0 atom stereocenters. The van der Waals surface area contributed by atoms with Crippen molar-refractivity contribution in [1.82, 2.24) is 4.57 Å². The molecule has 0 spiro atoms. The quantitative estimate of drug-likeness (QED) is 0.735. The normalized spacial score (nSPS) is 9.80. The smallest absolute Gasteiger partial charge is 0.255 e. The molecule has 1 N–H and O–H groups in total. The van der Waals surface area contributed by atoms with Crippen molar-refractivity contribution >= 4 is 11.6 Å². The molecule has 0 radical (unpaired) electrons. The average molecular weight is 328 g/mol. The Kier molecular flexibility index (Phi) is 4.77. The molecule has 0 fully saturated rings. The van der Waals surface area contributed by atoms with Gasteiger partial charge in [0.2, 0.25) is 0 Å². The number of pyridine rings is 1. The summed E-state index contributed by atoms with van der Waals surface area (Å²) in [7, 11) is 1.64. The molecule has 1 amide bonds. The first-order valence-corrected chi connectivity index (χ1v) is 7.77. The summed E-state index contributed by atoms with van der Waals surface area (Å²) in [5.41, 5.74) is 2.45. The van der Waals surface area contributed by atoms with E-state index >= 15 is 0 Å². The highest BCUT2D eigenvalue weighted by atomic mass is 16.2. The number of benzene rings is 2. The number of aromatic nitrogens is 1. The lowest BCUT2D eigenvalue weighted by atomic mass is 10.1. The Hall–Kier alpha value is -3.58. The number of carbonyl (C=O) groups excluding carboxylic acids is 1. The summed E-state index contributed by atoms with van der Waals surface area (Å²) in [5, 5.41) is 2.79. The zero-order chi connectivity index (χ0) is 17.6. The number of hydrogen-bond donors (Lipinski definition) is 1. The first-order valence-electron chi connectivity index (χ1n) is 7.77. The van der Waals surface area contributed by atoms with Crippen LogP contribution in [-0.4, -0.2) is 10.5 Å². The van der Waals surface area contributed by atoms with Gasteiger partial charge in [0.15, 0.2) is 0 Å². The fourth-order valence-electron chi connectivity index (χ4n) is 2.23. The first kappa shape index (κ1) is 16.3. The predicted molar refractivity (Wildman–Crippen MR) is 98.5 cm³/mol. The van der Waals surface area contributed by atoms with E-state index < -0.39 is 0 Å². The van der Waals surface area contributed by atoms with Crippen LogP contribution in [-0.2, 0) is 7.05 Å². The minimum Gasteiger partial charge on any atom is -0.322 e. The van der Waals surface area contributed by atoms with Gasteiger partial charge in [-0.2, -0.15) is 0 Å². The van der Waals surface area contributed by atoms with E-state index in [2.05, 4.69) is 17.2 Å². The molecule has 122 valence electrons. The van der Waals surface area contributed by atoms with Crippen LogP contribution in [0, 0.1) is 11.8 Å². The van der Waals surface area contributed by atoms with Gasteiger partial charge in [-0.25, -0.2) is 0 Å². The molecule has 1 heterocycles. The van der Waals surface area contributed by atoms with Crippen LogP contribution in [0.1, 0.15) is 21.5 Å². The molecule has 0 bridgehead atoms. The lowest BCUT2D eigenvalue weighted by Gasteiger charge is -2.06. The second-order valence-corrected chi connectivity index (χ2v) is 5.52. The summed E-state index contributed by atoms with van der Waals surface area (Å²) in [6.07, 6.45) is 1.57. The summed E-state index contributed by atoms with van der Waals surface area (Å²) in [4.78, 5) is 23.9. The number of aryl methyl sites for hydroxylation is 1. The number of hydrogen-bond acceptors (Lipinski definition) is 2. The molecular weight excluding hydrogens is 312 g/mol. The molecule has 0 saturated heterocycles. The van der Waals surface area contributed by atoms with Crippen LogP contribution in [0.2, 0.25) is 0 Å². The molecule has 3 rings (SSSR count). The Morgan fingerprint density at radius 2 is 1.64 bits per heavy atom. The van der Waals surface area contributed by atoms with Crippen molar-refractivity contribution in [1.29, 1.82) is 0 Å². The largest absolute Gasteiger partial charge is 0.322 e. The van der Waals surface area contributed by atoms with Crippen molar-refractivity contribution in [3.8, 4) is 11.8 Å². The fourth-order valence-corrected chi connectivity index (χ4v) is 2.23. The number of rotatable bonds is 2. The first-order chi connectivity index (χ1) is 12.1. The highest BCUT2D eigenvalue weighted by molar-refractivity contribution is 6.04. The molecule has 4 nitrogen and oxygen atoms in total. The van der Waals surface area contributed by atoms with Gasteiger partial charge in [0, 0.05) is 41.7 Å². The number of amides is 1. The van der Waals surface area contributed by atoms with Crippen LogP contribution < -0.4 is 10.9 Å². The Labute approximate surface area is 145 Å². The Morgan fingerprint density at radius 3 is 2.40 bits per heavy atom. The third kappa shape index (κ3) is 4.24. The second-order valence-electron chi connectivity index (χ2n) is 5.52. The Balaban J connectivity index is 1.78. The summed E-state index contributed by atoms with van der Waals surface area (Å²) in [6.45, 7) is 0. The maximum absolute atomic E-state index is 12.3. The van der Waals surface area contributed by atoms with Gasteiger partial charge < -0.3 is 9.88 Å². The lowest BCUT2D eigenvalue weighted by molar-refractivity contribution is 0.102. The van der Waals surface area contributed by atoms with Gasteiger partial charge in [-0.05, 0) is 36.4 Å². The fraction of sp³-hybridized carbons (Fsp3) is 0.0476. The van der Waals surface area contributed by atoms with Crippen molar-refractivity contribution < 1.29 is 4.79 Å². The zero-order valence-electron chi connectivity index (χ0n) is 13.7. The lowest BCUT2D eigenvalue weighted by Crippen LogP contribution is -2.19. The van der Waals surface area contributed by atoms with E-state index in [0.717, 1.165) is 11.1 Å². The molecule has 4 heteroatoms. The van der Waals surface area contributed by atoms with Crippen LogP contribution in [0.4, 0.5) is 5.69 Å². The molecule has 3 aromatic rings. The number of carbonyl (C=O) groups is 1. The minimum absolute atomic E-state index is 0.227. The monoisotopic (exact) mass is 328 g/mol. The average Bonchev–Trinajstić information content (AvgIpc) is 2.63. The number of nitrogens with one attached hydrogen (secondary N) is 1. The van der Waals surface area contributed by atoms with Gasteiger partial charge in [-0.3, -0.25) is 9.59 Å². The van der Waals surface area contributed by atoms with Crippen molar-refractivity contribution in [2.75, 3.05) is 5.32 Å². The molecule has 25 heavy (non-hydrogen) atoms. The topological polar surface area (TPSA) is 51.1 Å². The molecule has 0 aliphatic rings. The Morgan fingerprint density at radius 1 is 0.920 bits per heavy atom. The van der Waals surface area contributed by atoms with Crippen molar-refractivity contribution in [3.63, 3.8) is 0 Å². The molecular formula is C21H16N2O2. The Bertz CT molecular complexity index is 1020. The van der Waals surface area contributed by atoms with E-state index in [1.807, 2.05) is 42.5 Å². The van der Waals surface area contributed by atoms with E-state index in [1.165, 1.54) is 10.6 Å². The molecule has 0 unspecified atom stereocenters. The third-order valence-electron chi connectivity index (χ3n) is 3.61. The zero-order valence-corrected chi connectivity index (χ0v) is 13.7. The van der Waals surface area contributed by atoms with Crippen LogP contribution in [0.25, 0.3) is 0 Å². The number of anilines is 1. The van der Waals surface area contributed by atoms with Crippen LogP contribution in [0.5, 0.6) is 0 Å². The summed E-state index contributed by atoms with van der Waals surface area (Å²) >= 11 is 0. The van der Waals surface area contributed by atoms with Gasteiger partial charge in [0.25, 0.3) is 11.5 Å². The maximum atomic E-state index is 12.3. The van der Waals surface area contributed by atoms with Gasteiger partial charge in [0.1, 0.15) is 0 Å². The van der Waals surface area contributed by atoms with Crippen LogP contribution in [0.3, 0.4) is 0 Å². The standard InChI is InChI=1S/C21H16N2O2/c1-23-13-12-18(15-20(23)24)21(25)22-19-9-5-8-17(14-19)11-10-16-6-3-2-4-7-16/h2-9,12-15H,1H3,(H,22,25). The van der Waals surface area contributed by atoms with Crippen molar-refractivity contribution in [2.24, 2.45) is 7.05 Å². The summed E-state index contributed by atoms with van der Waals surface area (Å²) in [5.74, 6) is 5.83. The highest BCUT2D eigenvalue weighted by Crippen LogP contribution is 2.11. The van der Waals surface area contributed by atoms with E-state index in [9.17, 15) is 9.59 Å².